The van der Waals surface area contributed by atoms with Crippen molar-refractivity contribution in [2.75, 3.05) is 20.3 Å². The number of hydrogen-bond donors (Lipinski definition) is 1. The van der Waals surface area contributed by atoms with Crippen LogP contribution in [0.15, 0.2) is 72.0 Å². The Kier molecular flexibility index (Phi) is 12.3. The molecular weight excluding hydrogens is 722 g/mol. The number of carbonyl (C=O) groups excluding carboxylic acids is 2. The summed E-state index contributed by atoms with van der Waals surface area (Å²) in [4.78, 5) is 36.7. The molecule has 1 atom stereocenters. The quantitative estimate of drug-likeness (QED) is 0.0396. The molecule has 17 nitrogen and oxygen atoms in total. The fourth-order valence-corrected chi connectivity index (χ4v) is 6.31. The van der Waals surface area contributed by atoms with Crippen LogP contribution in [0.4, 0.5) is 4.79 Å². The predicted molar refractivity (Wildman–Crippen MR) is 203 cm³/mol. The molecule has 0 saturated heterocycles. The Balaban J connectivity index is 1.06. The van der Waals surface area contributed by atoms with Gasteiger partial charge in [0.2, 0.25) is 17.4 Å². The second-order valence-corrected chi connectivity index (χ2v) is 14.5. The maximum Gasteiger partial charge on any atom is 0.511 e. The van der Waals surface area contributed by atoms with Gasteiger partial charge in [0.05, 0.1) is 53.9 Å². The number of tetrazole rings is 1. The Morgan fingerprint density at radius 3 is 2.43 bits per heavy atom. The number of esters is 1. The molecule has 0 aliphatic heterocycles. The molecule has 1 fully saturated rings. The van der Waals surface area contributed by atoms with Crippen molar-refractivity contribution >= 4 is 23.2 Å². The Morgan fingerprint density at radius 2 is 1.75 bits per heavy atom. The summed E-state index contributed by atoms with van der Waals surface area (Å²) < 4.78 is 23.9. The number of aromatic nitrogens is 6. The molecule has 0 spiro atoms. The number of nitrogens with zero attached hydrogens (tertiary/aromatic N) is 8. The largest absolute Gasteiger partial charge is 0.569 e. The summed E-state index contributed by atoms with van der Waals surface area (Å²) in [7, 11) is 1.65. The zero-order chi connectivity index (χ0) is 39.8. The first kappa shape index (κ1) is 39.4. The van der Waals surface area contributed by atoms with Crippen LogP contribution in [0.25, 0.3) is 33.5 Å². The second-order valence-electron chi connectivity index (χ2n) is 14.5. The van der Waals surface area contributed by atoms with Crippen LogP contribution in [-0.4, -0.2) is 90.5 Å². The molecule has 5 aromatic rings. The second kappa shape index (κ2) is 17.5. The monoisotopic (exact) mass is 769 g/mol. The lowest BCUT2D eigenvalue weighted by Gasteiger charge is -2.28. The van der Waals surface area contributed by atoms with Gasteiger partial charge in [-0.1, -0.05) is 54.6 Å². The van der Waals surface area contributed by atoms with Crippen molar-refractivity contribution in [3.8, 4) is 28.5 Å². The number of ether oxygens (including phenoxy) is 4. The normalized spacial score (nSPS) is 16.6. The topological polar surface area (TPSA) is 194 Å². The minimum absolute atomic E-state index is 0.0852. The van der Waals surface area contributed by atoms with Gasteiger partial charge in [-0.25, -0.2) is 9.59 Å². The number of rotatable bonds is 14. The van der Waals surface area contributed by atoms with Crippen molar-refractivity contribution in [1.29, 1.82) is 0 Å². The van der Waals surface area contributed by atoms with E-state index in [0.29, 0.717) is 66.7 Å². The molecule has 56 heavy (non-hydrogen) atoms. The lowest BCUT2D eigenvalue weighted by atomic mass is 9.88. The first-order valence-corrected chi connectivity index (χ1v) is 18.6. The van der Waals surface area contributed by atoms with Gasteiger partial charge in [0.1, 0.15) is 6.10 Å². The minimum Gasteiger partial charge on any atom is -0.569 e. The lowest BCUT2D eigenvalue weighted by Crippen LogP contribution is -2.42. The number of aromatic amines is 1. The van der Waals surface area contributed by atoms with Crippen LogP contribution in [0.3, 0.4) is 0 Å². The molecule has 3 aromatic carbocycles. The molecular formula is C39H47N9O8. The van der Waals surface area contributed by atoms with Crippen LogP contribution < -0.4 is 4.74 Å². The van der Waals surface area contributed by atoms with E-state index in [1.54, 1.807) is 25.2 Å². The zero-order valence-corrected chi connectivity index (χ0v) is 32.4. The molecule has 296 valence electrons. The van der Waals surface area contributed by atoms with E-state index in [9.17, 15) is 14.8 Å². The van der Waals surface area contributed by atoms with Gasteiger partial charge >= 0.3 is 12.1 Å². The van der Waals surface area contributed by atoms with Crippen molar-refractivity contribution in [2.24, 2.45) is 11.2 Å². The number of imidazole rings is 1. The summed E-state index contributed by atoms with van der Waals surface area (Å²) in [6, 6.07) is 21.3. The summed E-state index contributed by atoms with van der Waals surface area (Å²) in [6.45, 7) is 9.84. The van der Waals surface area contributed by atoms with Crippen LogP contribution in [0.1, 0.15) is 76.2 Å². The predicted octanol–water partition coefficient (Wildman–Crippen LogP) is 7.08. The Labute approximate surface area is 324 Å². The van der Waals surface area contributed by atoms with E-state index in [4.69, 9.17) is 23.8 Å². The molecule has 1 saturated carbocycles. The standard InChI is InChI=1S/C39H47N9O8/c1-7-52-37-40-33-14-10-13-32(34(33)47(37)23-26-15-19-28(20-16-26)30-11-8-9-12-31(30)35-41-43-44-42-35)36(49)54-25(2)55-38(50)53-24-27-17-21-29(22-18-27)56-45-48(51)46(6)39(3,4)5/h8-16,19-20,25,27,29H,7,17-18,21-24H2,1-6H3,(H,41,42,43,44)/b48-45-. The fourth-order valence-electron chi connectivity index (χ4n) is 6.31. The van der Waals surface area contributed by atoms with Gasteiger partial charge in [0, 0.05) is 12.5 Å². The molecule has 6 rings (SSSR count). The van der Waals surface area contributed by atoms with Gasteiger partial charge in [0.15, 0.2) is 0 Å². The summed E-state index contributed by atoms with van der Waals surface area (Å²) in [6.07, 6.45) is 0.358. The Morgan fingerprint density at radius 1 is 1.02 bits per heavy atom. The summed E-state index contributed by atoms with van der Waals surface area (Å²) in [5.74, 6) is -0.121. The Bertz CT molecular complexity index is 2120. The number of hydrogen-bond acceptors (Lipinski definition) is 13. The van der Waals surface area contributed by atoms with Crippen LogP contribution in [0.5, 0.6) is 6.01 Å². The molecule has 17 heteroatoms. The first-order valence-electron chi connectivity index (χ1n) is 18.6. The number of hydrazine groups is 1. The molecule has 0 amide bonds. The van der Waals surface area contributed by atoms with Gasteiger partial charge in [-0.3, -0.25) is 4.57 Å². The molecule has 1 aliphatic rings. The fraction of sp³-hybridized carbons (Fsp3) is 0.436. The van der Waals surface area contributed by atoms with Crippen LogP contribution in [0.2, 0.25) is 0 Å². The third-order valence-corrected chi connectivity index (χ3v) is 9.60. The van der Waals surface area contributed by atoms with Gasteiger partial charge in [-0.2, -0.15) is 10.2 Å². The van der Waals surface area contributed by atoms with E-state index in [1.165, 1.54) is 11.9 Å². The number of nitrogens with one attached hydrogen (secondary N) is 1. The highest BCUT2D eigenvalue weighted by Crippen LogP contribution is 2.32. The highest BCUT2D eigenvalue weighted by atomic mass is 16.8. The summed E-state index contributed by atoms with van der Waals surface area (Å²) in [5.41, 5.74) is 4.58. The first-order chi connectivity index (χ1) is 26.9. The smallest absolute Gasteiger partial charge is 0.511 e. The lowest BCUT2D eigenvalue weighted by molar-refractivity contribution is -0.720. The number of benzene rings is 3. The average Bonchev–Trinajstić information content (AvgIpc) is 3.85. The van der Waals surface area contributed by atoms with E-state index in [1.807, 2.05) is 80.8 Å². The summed E-state index contributed by atoms with van der Waals surface area (Å²) in [5, 5.41) is 31.8. The van der Waals surface area contributed by atoms with Crippen molar-refractivity contribution in [2.45, 2.75) is 84.8 Å². The van der Waals surface area contributed by atoms with E-state index < -0.39 is 24.0 Å². The molecule has 1 aliphatic carbocycles. The number of carbonyl (C=O) groups is 2. The third-order valence-electron chi connectivity index (χ3n) is 9.60. The molecule has 0 radical (unpaired) electrons. The zero-order valence-electron chi connectivity index (χ0n) is 32.4. The average molecular weight is 770 g/mol. The summed E-state index contributed by atoms with van der Waals surface area (Å²) >= 11 is 0. The minimum atomic E-state index is -1.23. The van der Waals surface area contributed by atoms with Crippen molar-refractivity contribution in [3.63, 3.8) is 0 Å². The maximum absolute atomic E-state index is 13.6. The van der Waals surface area contributed by atoms with Crippen LogP contribution in [0, 0.1) is 11.1 Å². The van der Waals surface area contributed by atoms with E-state index in [-0.39, 0.29) is 24.2 Å². The number of para-hydroxylation sites is 1. The number of fused-ring (bicyclic) bond motifs is 1. The van der Waals surface area contributed by atoms with Crippen LogP contribution >= 0.6 is 0 Å². The van der Waals surface area contributed by atoms with Crippen molar-refractivity contribution < 1.29 is 38.3 Å². The van der Waals surface area contributed by atoms with Crippen molar-refractivity contribution in [1.82, 2.24) is 35.2 Å². The van der Waals surface area contributed by atoms with Gasteiger partial charge in [-0.05, 0) is 93.3 Å². The van der Waals surface area contributed by atoms with E-state index in [0.717, 1.165) is 22.3 Å². The third kappa shape index (κ3) is 9.51. The molecule has 1 unspecified atom stereocenters. The highest BCUT2D eigenvalue weighted by molar-refractivity contribution is 6.02. The molecule has 2 aromatic heterocycles. The maximum atomic E-state index is 13.6. The SMILES string of the molecule is CCOc1nc2cccc(C(=O)OC(C)OC(=O)OCC3CCC(O/N=[N+](\[O-])N(C)C(C)(C)C)CC3)c2n1Cc1ccc(-c2ccccc2-c2nn[nH]n2)cc1. The van der Waals surface area contributed by atoms with Gasteiger partial charge in [0.25, 0.3) is 6.01 Å². The van der Waals surface area contributed by atoms with Gasteiger partial charge in [-0.15, -0.1) is 15.2 Å². The van der Waals surface area contributed by atoms with E-state index in [2.05, 4.69) is 30.9 Å². The molecule has 1 N–H and O–H groups in total. The van der Waals surface area contributed by atoms with E-state index >= 15 is 0 Å². The molecule has 2 heterocycles. The Hall–Kier alpha value is -6.26. The molecule has 0 bridgehead atoms. The highest BCUT2D eigenvalue weighted by Gasteiger charge is 2.28. The van der Waals surface area contributed by atoms with Crippen molar-refractivity contribution in [3.05, 3.63) is 83.1 Å². The number of H-pyrrole nitrogens is 1. The van der Waals surface area contributed by atoms with Crippen LogP contribution in [-0.2, 0) is 25.6 Å². The van der Waals surface area contributed by atoms with Gasteiger partial charge < -0.3 is 29.0 Å².